The van der Waals surface area contributed by atoms with Gasteiger partial charge in [-0.1, -0.05) is 40.5 Å². The van der Waals surface area contributed by atoms with Gasteiger partial charge in [-0.05, 0) is 36.3 Å². The average molecular weight is 252 g/mol. The fraction of sp³-hybridized carbons (Fsp3) is 0.500. The quantitative estimate of drug-likeness (QED) is 0.816. The minimum absolute atomic E-state index is 0.00164. The van der Waals surface area contributed by atoms with Crippen LogP contribution in [0.3, 0.4) is 0 Å². The van der Waals surface area contributed by atoms with E-state index in [1.165, 1.54) is 29.3 Å². The normalized spacial score (nSPS) is 39.6. The van der Waals surface area contributed by atoms with Gasteiger partial charge in [0, 0.05) is 10.0 Å². The van der Waals surface area contributed by atoms with Crippen LogP contribution in [-0.2, 0) is 5.54 Å². The van der Waals surface area contributed by atoms with E-state index in [2.05, 4.69) is 40.2 Å². The van der Waals surface area contributed by atoms with Crippen LogP contribution in [0, 0.1) is 11.8 Å². The summed E-state index contributed by atoms with van der Waals surface area (Å²) < 4.78 is 1.18. The van der Waals surface area contributed by atoms with Gasteiger partial charge in [0.1, 0.15) is 0 Å². The Labute approximate surface area is 92.8 Å². The van der Waals surface area contributed by atoms with Crippen molar-refractivity contribution in [3.8, 4) is 0 Å². The maximum absolute atomic E-state index is 6.49. The summed E-state index contributed by atoms with van der Waals surface area (Å²) in [4.78, 5) is 0. The number of hydrogen-bond donors (Lipinski definition) is 1. The molecule has 14 heavy (non-hydrogen) atoms. The van der Waals surface area contributed by atoms with Gasteiger partial charge in [0.25, 0.3) is 0 Å². The zero-order valence-corrected chi connectivity index (χ0v) is 9.63. The molecule has 1 nitrogen and oxygen atoms in total. The molecule has 3 rings (SSSR count). The lowest BCUT2D eigenvalue weighted by Crippen LogP contribution is -2.26. The molecule has 2 unspecified atom stereocenters. The van der Waals surface area contributed by atoms with Gasteiger partial charge in [-0.25, -0.2) is 0 Å². The summed E-state index contributed by atoms with van der Waals surface area (Å²) in [6.07, 6.45) is 4.02. The molecule has 1 aromatic carbocycles. The summed E-state index contributed by atoms with van der Waals surface area (Å²) in [5.41, 5.74) is 7.80. The Morgan fingerprint density at radius 2 is 1.86 bits per heavy atom. The molecule has 0 heterocycles. The lowest BCUT2D eigenvalue weighted by atomic mass is 9.97. The second-order valence-corrected chi connectivity index (χ2v) is 5.41. The van der Waals surface area contributed by atoms with Crippen LogP contribution in [0.25, 0.3) is 0 Å². The molecular formula is C12H14BrN. The zero-order valence-electron chi connectivity index (χ0n) is 8.04. The van der Waals surface area contributed by atoms with Crippen molar-refractivity contribution in [3.05, 3.63) is 34.3 Å². The highest BCUT2D eigenvalue weighted by molar-refractivity contribution is 9.10. The van der Waals surface area contributed by atoms with Crippen molar-refractivity contribution in [2.24, 2.45) is 17.6 Å². The van der Waals surface area contributed by atoms with Gasteiger partial charge >= 0.3 is 0 Å². The van der Waals surface area contributed by atoms with Crippen molar-refractivity contribution in [1.82, 2.24) is 0 Å². The van der Waals surface area contributed by atoms with E-state index in [0.717, 1.165) is 11.8 Å². The van der Waals surface area contributed by atoms with E-state index >= 15 is 0 Å². The number of fused-ring (bicyclic) bond motifs is 1. The van der Waals surface area contributed by atoms with Gasteiger partial charge in [-0.2, -0.15) is 0 Å². The van der Waals surface area contributed by atoms with Crippen molar-refractivity contribution in [1.29, 1.82) is 0 Å². The molecule has 74 valence electrons. The molecule has 2 N–H and O–H groups in total. The maximum atomic E-state index is 6.49. The van der Waals surface area contributed by atoms with Crippen LogP contribution in [0.1, 0.15) is 24.8 Å². The zero-order chi connectivity index (χ0) is 9.76. The van der Waals surface area contributed by atoms with Gasteiger partial charge in [-0.15, -0.1) is 0 Å². The van der Waals surface area contributed by atoms with E-state index in [4.69, 9.17) is 5.73 Å². The molecular weight excluding hydrogens is 238 g/mol. The molecule has 0 saturated heterocycles. The Morgan fingerprint density at radius 3 is 2.50 bits per heavy atom. The second-order valence-electron chi connectivity index (χ2n) is 4.56. The topological polar surface area (TPSA) is 26.0 Å². The van der Waals surface area contributed by atoms with Crippen LogP contribution in [0.4, 0.5) is 0 Å². The summed E-state index contributed by atoms with van der Waals surface area (Å²) >= 11 is 3.60. The van der Waals surface area contributed by atoms with Crippen molar-refractivity contribution >= 4 is 15.9 Å². The molecule has 0 amide bonds. The molecule has 0 radical (unpaired) electrons. The first kappa shape index (κ1) is 8.93. The fourth-order valence-corrected chi connectivity index (χ4v) is 3.84. The average Bonchev–Trinajstić information content (AvgIpc) is 2.63. The Bertz CT molecular complexity index is 364. The van der Waals surface area contributed by atoms with E-state index in [1.807, 2.05) is 0 Å². The highest BCUT2D eigenvalue weighted by Gasteiger charge is 2.64. The molecule has 1 aromatic rings. The van der Waals surface area contributed by atoms with Gasteiger partial charge in [0.15, 0.2) is 0 Å². The highest BCUT2D eigenvalue weighted by atomic mass is 79.9. The molecule has 2 saturated carbocycles. The van der Waals surface area contributed by atoms with Crippen LogP contribution < -0.4 is 5.73 Å². The Hall–Kier alpha value is -0.340. The van der Waals surface area contributed by atoms with E-state index in [-0.39, 0.29) is 5.54 Å². The van der Waals surface area contributed by atoms with Crippen molar-refractivity contribution in [3.63, 3.8) is 0 Å². The Kier molecular flexibility index (Phi) is 1.80. The third-order valence-electron chi connectivity index (χ3n) is 3.97. The highest BCUT2D eigenvalue weighted by Crippen LogP contribution is 2.65. The summed E-state index contributed by atoms with van der Waals surface area (Å²) in [6.45, 7) is 0. The largest absolute Gasteiger partial charge is 0.321 e. The predicted octanol–water partition coefficient (Wildman–Crippen LogP) is 3.03. The maximum Gasteiger partial charge on any atom is 0.0484 e. The molecule has 2 fully saturated rings. The first-order valence-corrected chi connectivity index (χ1v) is 6.08. The fourth-order valence-electron chi connectivity index (χ4n) is 3.21. The predicted molar refractivity (Wildman–Crippen MR) is 60.8 cm³/mol. The Morgan fingerprint density at radius 1 is 1.21 bits per heavy atom. The van der Waals surface area contributed by atoms with E-state index < -0.39 is 0 Å². The SMILES string of the molecule is NC1(c2ccccc2Br)C2CCCC21. The molecule has 0 spiro atoms. The molecule has 0 aromatic heterocycles. The molecule has 2 heteroatoms. The molecule has 0 aliphatic heterocycles. The molecule has 2 atom stereocenters. The number of nitrogens with two attached hydrogens (primary N) is 1. The molecule has 2 aliphatic rings. The molecule has 2 aliphatic carbocycles. The number of halogens is 1. The molecule has 0 bridgehead atoms. The van der Waals surface area contributed by atoms with Gasteiger partial charge in [0.2, 0.25) is 0 Å². The first-order valence-electron chi connectivity index (χ1n) is 5.28. The number of benzene rings is 1. The third kappa shape index (κ3) is 0.986. The standard InChI is InChI=1S/C12H14BrN/c13-11-7-2-1-4-10(11)12(14)8-5-3-6-9(8)12/h1-2,4,7-9H,3,5-6,14H2. The minimum Gasteiger partial charge on any atom is -0.321 e. The van der Waals surface area contributed by atoms with Gasteiger partial charge < -0.3 is 5.73 Å². The van der Waals surface area contributed by atoms with Crippen molar-refractivity contribution in [2.75, 3.05) is 0 Å². The van der Waals surface area contributed by atoms with Crippen molar-refractivity contribution < 1.29 is 0 Å². The first-order chi connectivity index (χ1) is 6.74. The number of rotatable bonds is 1. The van der Waals surface area contributed by atoms with Crippen LogP contribution in [0.5, 0.6) is 0 Å². The third-order valence-corrected chi connectivity index (χ3v) is 4.67. The smallest absolute Gasteiger partial charge is 0.0484 e. The van der Waals surface area contributed by atoms with Crippen molar-refractivity contribution in [2.45, 2.75) is 24.8 Å². The lowest BCUT2D eigenvalue weighted by Gasteiger charge is -2.17. The van der Waals surface area contributed by atoms with Gasteiger partial charge in [0.05, 0.1) is 0 Å². The lowest BCUT2D eigenvalue weighted by molar-refractivity contribution is 0.525. The second kappa shape index (κ2) is 2.83. The van der Waals surface area contributed by atoms with E-state index in [0.29, 0.717) is 0 Å². The van der Waals surface area contributed by atoms with E-state index in [1.54, 1.807) is 0 Å². The summed E-state index contributed by atoms with van der Waals surface area (Å²) in [7, 11) is 0. The van der Waals surface area contributed by atoms with Crippen LogP contribution in [0.15, 0.2) is 28.7 Å². The Balaban J connectivity index is 2.01. The number of hydrogen-bond acceptors (Lipinski definition) is 1. The minimum atomic E-state index is -0.00164. The monoisotopic (exact) mass is 251 g/mol. The van der Waals surface area contributed by atoms with E-state index in [9.17, 15) is 0 Å². The van der Waals surface area contributed by atoms with Crippen LogP contribution in [-0.4, -0.2) is 0 Å². The summed E-state index contributed by atoms with van der Waals surface area (Å²) in [5, 5.41) is 0. The van der Waals surface area contributed by atoms with Gasteiger partial charge in [-0.3, -0.25) is 0 Å². The summed E-state index contributed by atoms with van der Waals surface area (Å²) in [5.74, 6) is 1.50. The summed E-state index contributed by atoms with van der Waals surface area (Å²) in [6, 6.07) is 8.40. The van der Waals surface area contributed by atoms with Crippen LogP contribution in [0.2, 0.25) is 0 Å². The van der Waals surface area contributed by atoms with Crippen LogP contribution >= 0.6 is 15.9 Å².